The van der Waals surface area contributed by atoms with Crippen molar-refractivity contribution in [2.45, 2.75) is 19.4 Å². The molecule has 76 valence electrons. The minimum absolute atomic E-state index is 0.266. The van der Waals surface area contributed by atoms with Crippen LogP contribution in [0.5, 0.6) is 0 Å². The Morgan fingerprint density at radius 2 is 2.57 bits per heavy atom. The third kappa shape index (κ3) is 1.68. The first kappa shape index (κ1) is 9.33. The SMILES string of the molecule is CC1CCNCC1n1cnc(N=O)c1. The maximum atomic E-state index is 10.2. The van der Waals surface area contributed by atoms with Crippen molar-refractivity contribution in [2.75, 3.05) is 13.1 Å². The molecule has 1 aromatic rings. The molecule has 5 heteroatoms. The van der Waals surface area contributed by atoms with Gasteiger partial charge < -0.3 is 9.88 Å². The van der Waals surface area contributed by atoms with Gasteiger partial charge in [0.1, 0.15) is 0 Å². The summed E-state index contributed by atoms with van der Waals surface area (Å²) in [5.41, 5.74) is 0. The molecule has 0 amide bonds. The van der Waals surface area contributed by atoms with Crippen LogP contribution >= 0.6 is 0 Å². The van der Waals surface area contributed by atoms with Crippen molar-refractivity contribution in [1.29, 1.82) is 0 Å². The van der Waals surface area contributed by atoms with E-state index in [4.69, 9.17) is 0 Å². The van der Waals surface area contributed by atoms with E-state index in [1.807, 2.05) is 4.57 Å². The highest BCUT2D eigenvalue weighted by atomic mass is 16.3. The van der Waals surface area contributed by atoms with Crippen molar-refractivity contribution in [3.05, 3.63) is 17.4 Å². The van der Waals surface area contributed by atoms with Gasteiger partial charge in [-0.25, -0.2) is 4.98 Å². The maximum absolute atomic E-state index is 10.2. The number of piperidine rings is 1. The molecule has 1 N–H and O–H groups in total. The largest absolute Gasteiger partial charge is 0.330 e. The summed E-state index contributed by atoms with van der Waals surface area (Å²) in [5, 5.41) is 6.14. The van der Waals surface area contributed by atoms with Crippen LogP contribution in [0, 0.1) is 10.8 Å². The molecule has 1 saturated heterocycles. The fraction of sp³-hybridized carbons (Fsp3) is 0.667. The third-order valence-electron chi connectivity index (χ3n) is 2.85. The molecule has 14 heavy (non-hydrogen) atoms. The number of hydrogen-bond acceptors (Lipinski definition) is 4. The van der Waals surface area contributed by atoms with Crippen LogP contribution in [0.25, 0.3) is 0 Å². The smallest absolute Gasteiger partial charge is 0.214 e. The highest BCUT2D eigenvalue weighted by Crippen LogP contribution is 2.24. The summed E-state index contributed by atoms with van der Waals surface area (Å²) < 4.78 is 1.98. The van der Waals surface area contributed by atoms with Crippen molar-refractivity contribution >= 4 is 5.82 Å². The molecule has 0 radical (unpaired) electrons. The lowest BCUT2D eigenvalue weighted by molar-refractivity contribution is 0.274. The van der Waals surface area contributed by atoms with Gasteiger partial charge in [-0.05, 0) is 24.1 Å². The zero-order chi connectivity index (χ0) is 9.97. The van der Waals surface area contributed by atoms with E-state index in [0.717, 1.165) is 19.5 Å². The second-order valence-corrected chi connectivity index (χ2v) is 3.81. The monoisotopic (exact) mass is 194 g/mol. The summed E-state index contributed by atoms with van der Waals surface area (Å²) in [7, 11) is 0. The van der Waals surface area contributed by atoms with Gasteiger partial charge in [-0.15, -0.1) is 4.91 Å². The van der Waals surface area contributed by atoms with Gasteiger partial charge in [0.2, 0.25) is 5.82 Å². The van der Waals surface area contributed by atoms with Crippen LogP contribution in [0.1, 0.15) is 19.4 Å². The second-order valence-electron chi connectivity index (χ2n) is 3.81. The lowest BCUT2D eigenvalue weighted by Gasteiger charge is -2.30. The van der Waals surface area contributed by atoms with Gasteiger partial charge in [0.25, 0.3) is 0 Å². The zero-order valence-corrected chi connectivity index (χ0v) is 8.18. The molecule has 1 aliphatic heterocycles. The molecule has 1 aromatic heterocycles. The molecule has 0 saturated carbocycles. The van der Waals surface area contributed by atoms with Crippen molar-refractivity contribution < 1.29 is 0 Å². The van der Waals surface area contributed by atoms with Crippen LogP contribution in [0.2, 0.25) is 0 Å². The molecule has 0 aliphatic carbocycles. The van der Waals surface area contributed by atoms with E-state index >= 15 is 0 Å². The number of hydrogen-bond donors (Lipinski definition) is 1. The van der Waals surface area contributed by atoms with E-state index in [9.17, 15) is 4.91 Å². The third-order valence-corrected chi connectivity index (χ3v) is 2.85. The van der Waals surface area contributed by atoms with E-state index in [1.54, 1.807) is 12.5 Å². The summed E-state index contributed by atoms with van der Waals surface area (Å²) in [6, 6.07) is 0.395. The summed E-state index contributed by atoms with van der Waals surface area (Å²) in [6.07, 6.45) is 4.55. The Kier molecular flexibility index (Phi) is 2.58. The van der Waals surface area contributed by atoms with Crippen LogP contribution in [0.15, 0.2) is 17.7 Å². The van der Waals surface area contributed by atoms with E-state index in [0.29, 0.717) is 12.0 Å². The highest BCUT2D eigenvalue weighted by molar-refractivity contribution is 5.21. The molecule has 0 spiro atoms. The minimum atomic E-state index is 0.266. The topological polar surface area (TPSA) is 59.3 Å². The second kappa shape index (κ2) is 3.88. The Balaban J connectivity index is 2.16. The van der Waals surface area contributed by atoms with Crippen molar-refractivity contribution in [3.63, 3.8) is 0 Å². The first-order valence-corrected chi connectivity index (χ1v) is 4.89. The van der Waals surface area contributed by atoms with Gasteiger partial charge in [0.05, 0.1) is 12.5 Å². The predicted molar refractivity (Wildman–Crippen MR) is 53.4 cm³/mol. The minimum Gasteiger partial charge on any atom is -0.330 e. The van der Waals surface area contributed by atoms with Crippen LogP contribution in [0.3, 0.4) is 0 Å². The Hall–Kier alpha value is -1.23. The van der Waals surface area contributed by atoms with E-state index < -0.39 is 0 Å². The van der Waals surface area contributed by atoms with Gasteiger partial charge in [-0.2, -0.15) is 0 Å². The average molecular weight is 194 g/mol. The van der Waals surface area contributed by atoms with Crippen LogP contribution in [-0.4, -0.2) is 22.6 Å². The lowest BCUT2D eigenvalue weighted by atomic mass is 9.95. The van der Waals surface area contributed by atoms with Crippen LogP contribution in [0.4, 0.5) is 5.82 Å². The maximum Gasteiger partial charge on any atom is 0.214 e. The Morgan fingerprint density at radius 1 is 1.71 bits per heavy atom. The molecule has 1 fully saturated rings. The van der Waals surface area contributed by atoms with Crippen LogP contribution in [-0.2, 0) is 0 Å². The number of nitrogens with one attached hydrogen (secondary N) is 1. The molecular formula is C9H14N4O. The fourth-order valence-corrected chi connectivity index (χ4v) is 1.93. The average Bonchev–Trinajstić information content (AvgIpc) is 2.67. The zero-order valence-electron chi connectivity index (χ0n) is 8.18. The number of aromatic nitrogens is 2. The molecule has 2 rings (SSSR count). The van der Waals surface area contributed by atoms with Gasteiger partial charge in [-0.3, -0.25) is 0 Å². The van der Waals surface area contributed by atoms with Gasteiger partial charge in [0.15, 0.2) is 0 Å². The van der Waals surface area contributed by atoms with Crippen molar-refractivity contribution in [1.82, 2.24) is 14.9 Å². The van der Waals surface area contributed by atoms with Crippen molar-refractivity contribution in [2.24, 2.45) is 11.1 Å². The number of imidazole rings is 1. The van der Waals surface area contributed by atoms with Crippen LogP contribution < -0.4 is 5.32 Å². The summed E-state index contributed by atoms with van der Waals surface area (Å²) in [6.45, 7) is 4.24. The molecule has 0 bridgehead atoms. The molecule has 0 aromatic carbocycles. The molecular weight excluding hydrogens is 180 g/mol. The normalized spacial score (nSPS) is 27.5. The Morgan fingerprint density at radius 3 is 3.21 bits per heavy atom. The number of rotatable bonds is 2. The standard InChI is InChI=1S/C9H14N4O/c1-7-2-3-10-4-8(7)13-5-9(12-14)11-6-13/h5-8,10H,2-4H2,1H3. The molecule has 5 nitrogen and oxygen atoms in total. The molecule has 2 heterocycles. The number of nitrogens with zero attached hydrogens (tertiary/aromatic N) is 3. The van der Waals surface area contributed by atoms with Gasteiger partial charge in [-0.1, -0.05) is 6.92 Å². The summed E-state index contributed by atoms with van der Waals surface area (Å²) >= 11 is 0. The molecule has 2 atom stereocenters. The summed E-state index contributed by atoms with van der Waals surface area (Å²) in [4.78, 5) is 14.1. The lowest BCUT2D eigenvalue weighted by Crippen LogP contribution is -2.36. The predicted octanol–water partition coefficient (Wildman–Crippen LogP) is 1.45. The van der Waals surface area contributed by atoms with E-state index in [2.05, 4.69) is 22.4 Å². The first-order chi connectivity index (χ1) is 6.81. The van der Waals surface area contributed by atoms with Crippen molar-refractivity contribution in [3.8, 4) is 0 Å². The first-order valence-electron chi connectivity index (χ1n) is 4.89. The fourth-order valence-electron chi connectivity index (χ4n) is 1.93. The Labute approximate surface area is 82.5 Å². The molecule has 2 unspecified atom stereocenters. The number of nitroso groups, excluding NO2 is 1. The Bertz CT molecular complexity index is 322. The highest BCUT2D eigenvalue weighted by Gasteiger charge is 2.22. The quantitative estimate of drug-likeness (QED) is 0.725. The summed E-state index contributed by atoms with van der Waals surface area (Å²) in [5.74, 6) is 0.882. The van der Waals surface area contributed by atoms with E-state index in [1.165, 1.54) is 0 Å². The van der Waals surface area contributed by atoms with Gasteiger partial charge in [0, 0.05) is 12.6 Å². The van der Waals surface area contributed by atoms with E-state index in [-0.39, 0.29) is 5.82 Å². The molecule has 1 aliphatic rings. The van der Waals surface area contributed by atoms with Gasteiger partial charge >= 0.3 is 0 Å².